The van der Waals surface area contributed by atoms with Gasteiger partial charge in [0.1, 0.15) is 17.2 Å². The molecule has 2 aromatic rings. The van der Waals surface area contributed by atoms with Crippen molar-refractivity contribution in [1.82, 2.24) is 24.7 Å². The molecule has 3 amide bonds. The maximum absolute atomic E-state index is 13.4. The summed E-state index contributed by atoms with van der Waals surface area (Å²) in [6, 6.07) is 5.49. The average Bonchev–Trinajstić information content (AvgIpc) is 3.13. The molecule has 0 spiro atoms. The Balaban J connectivity index is 1.79. The molecule has 11 nitrogen and oxygen atoms in total. The lowest BCUT2D eigenvalue weighted by Gasteiger charge is -2.45. The first-order valence-electron chi connectivity index (χ1n) is 11.9. The van der Waals surface area contributed by atoms with Crippen molar-refractivity contribution in [3.05, 3.63) is 57.5 Å². The molecule has 198 valence electrons. The van der Waals surface area contributed by atoms with E-state index in [1.807, 2.05) is 0 Å². The van der Waals surface area contributed by atoms with Crippen LogP contribution in [0.2, 0.25) is 0 Å². The standard InChI is InChI=1S/C25H30FN5O6/c1-29(2)21(35)22(36)30(3)25-11-9-24(37-4,10-12-25)14-31-20(34)18(32)17(28-23(25)31)19(33)27-13-15-5-7-16(26)8-6-15/h5-8,32H,9-14H2,1-4H3,(H,27,33). The molecule has 2 N–H and O–H groups in total. The molecule has 5 rings (SSSR count). The number of ether oxygens (including phenoxy) is 1. The molecule has 1 fully saturated rings. The van der Waals surface area contributed by atoms with Gasteiger partial charge < -0.3 is 25.0 Å². The van der Waals surface area contributed by atoms with Gasteiger partial charge in [-0.15, -0.1) is 0 Å². The highest BCUT2D eigenvalue weighted by molar-refractivity contribution is 6.34. The molecule has 0 atom stereocenters. The fourth-order valence-corrected chi connectivity index (χ4v) is 5.15. The van der Waals surface area contributed by atoms with E-state index >= 15 is 0 Å². The molecule has 1 aromatic carbocycles. The number of halogens is 1. The molecule has 3 heterocycles. The lowest BCUT2D eigenvalue weighted by Crippen LogP contribution is -2.55. The third-order valence-electron chi connectivity index (χ3n) is 7.55. The number of nitrogens with one attached hydrogen (secondary N) is 1. The number of hydrogen-bond donors (Lipinski definition) is 2. The number of fused-ring (bicyclic) bond motifs is 2. The van der Waals surface area contributed by atoms with Crippen molar-refractivity contribution < 1.29 is 28.6 Å². The molecule has 0 saturated heterocycles. The average molecular weight is 516 g/mol. The normalized spacial score (nSPS) is 22.1. The minimum absolute atomic E-state index is 0.00626. The van der Waals surface area contributed by atoms with Crippen LogP contribution in [-0.4, -0.2) is 76.0 Å². The minimum Gasteiger partial charge on any atom is -0.501 e. The second kappa shape index (κ2) is 9.58. The van der Waals surface area contributed by atoms with Gasteiger partial charge in [-0.05, 0) is 43.4 Å². The quantitative estimate of drug-likeness (QED) is 0.561. The van der Waals surface area contributed by atoms with Crippen LogP contribution in [0.25, 0.3) is 0 Å². The van der Waals surface area contributed by atoms with Gasteiger partial charge in [-0.1, -0.05) is 12.1 Å². The van der Waals surface area contributed by atoms with Crippen LogP contribution in [0.3, 0.4) is 0 Å². The predicted octanol–water partition coefficient (Wildman–Crippen LogP) is 0.733. The zero-order valence-electron chi connectivity index (χ0n) is 21.2. The molecule has 3 aliphatic rings. The predicted molar refractivity (Wildman–Crippen MR) is 129 cm³/mol. The van der Waals surface area contributed by atoms with E-state index in [0.717, 1.165) is 0 Å². The van der Waals surface area contributed by atoms with Crippen molar-refractivity contribution >= 4 is 17.7 Å². The second-order valence-electron chi connectivity index (χ2n) is 9.82. The number of aromatic hydroxyl groups is 1. The Bertz CT molecular complexity index is 1300. The largest absolute Gasteiger partial charge is 0.501 e. The van der Waals surface area contributed by atoms with Crippen LogP contribution >= 0.6 is 0 Å². The molecule has 0 unspecified atom stereocenters. The number of rotatable bonds is 5. The highest BCUT2D eigenvalue weighted by Crippen LogP contribution is 2.49. The van der Waals surface area contributed by atoms with Gasteiger partial charge in [-0.3, -0.25) is 23.7 Å². The van der Waals surface area contributed by atoms with Crippen molar-refractivity contribution in [1.29, 1.82) is 0 Å². The Hall–Kier alpha value is -3.80. The van der Waals surface area contributed by atoms with Crippen LogP contribution in [0, 0.1) is 5.82 Å². The summed E-state index contributed by atoms with van der Waals surface area (Å²) in [7, 11) is 5.95. The first kappa shape index (κ1) is 26.3. The van der Waals surface area contributed by atoms with Crippen molar-refractivity contribution in [2.24, 2.45) is 0 Å². The summed E-state index contributed by atoms with van der Waals surface area (Å²) in [5.41, 5.74) is -2.64. The van der Waals surface area contributed by atoms with Crippen LogP contribution in [0.15, 0.2) is 29.1 Å². The molecule has 0 radical (unpaired) electrons. The van der Waals surface area contributed by atoms with Gasteiger partial charge in [-0.2, -0.15) is 0 Å². The van der Waals surface area contributed by atoms with Gasteiger partial charge >= 0.3 is 11.8 Å². The number of carbonyl (C=O) groups is 3. The molecule has 12 heteroatoms. The third kappa shape index (κ3) is 4.45. The van der Waals surface area contributed by atoms with Crippen molar-refractivity contribution in [3.63, 3.8) is 0 Å². The summed E-state index contributed by atoms with van der Waals surface area (Å²) in [5.74, 6) is -3.48. The van der Waals surface area contributed by atoms with Gasteiger partial charge in [-0.25, -0.2) is 9.37 Å². The third-order valence-corrected chi connectivity index (χ3v) is 7.55. The van der Waals surface area contributed by atoms with E-state index in [9.17, 15) is 28.7 Å². The molecule has 2 bridgehead atoms. The van der Waals surface area contributed by atoms with Crippen molar-refractivity contribution in [3.8, 4) is 5.75 Å². The Kier molecular flexibility index (Phi) is 6.80. The number of hydrogen-bond acceptors (Lipinski definition) is 7. The van der Waals surface area contributed by atoms with Crippen LogP contribution in [0.5, 0.6) is 5.75 Å². The maximum Gasteiger partial charge on any atom is 0.312 e. The molecular formula is C25H30FN5O6. The number of carbonyl (C=O) groups excluding carboxylic acids is 3. The van der Waals surface area contributed by atoms with Crippen molar-refractivity contribution in [2.75, 3.05) is 28.3 Å². The summed E-state index contributed by atoms with van der Waals surface area (Å²) in [4.78, 5) is 59.0. The lowest BCUT2D eigenvalue weighted by molar-refractivity contribution is -0.156. The fourth-order valence-electron chi connectivity index (χ4n) is 5.15. The Morgan fingerprint density at radius 2 is 1.73 bits per heavy atom. The summed E-state index contributed by atoms with van der Waals surface area (Å²) in [6.07, 6.45) is 1.59. The van der Waals surface area contributed by atoms with Gasteiger partial charge in [0.05, 0.1) is 12.1 Å². The summed E-state index contributed by atoms with van der Waals surface area (Å²) in [6.45, 7) is 0.0768. The van der Waals surface area contributed by atoms with E-state index in [4.69, 9.17) is 4.74 Å². The molecule has 1 saturated carbocycles. The van der Waals surface area contributed by atoms with Gasteiger partial charge in [0.2, 0.25) is 5.75 Å². The number of aromatic nitrogens is 2. The van der Waals surface area contributed by atoms with E-state index < -0.39 is 51.7 Å². The second-order valence-corrected chi connectivity index (χ2v) is 9.82. The zero-order valence-corrected chi connectivity index (χ0v) is 21.2. The molecule has 1 aliphatic carbocycles. The first-order valence-corrected chi connectivity index (χ1v) is 11.9. The first-order chi connectivity index (χ1) is 17.4. The number of amides is 3. The topological polar surface area (TPSA) is 134 Å². The Labute approximate surface area is 212 Å². The monoisotopic (exact) mass is 515 g/mol. The van der Waals surface area contributed by atoms with Crippen LogP contribution in [0.4, 0.5) is 4.39 Å². The van der Waals surface area contributed by atoms with E-state index in [2.05, 4.69) is 10.3 Å². The molecular weight excluding hydrogens is 485 g/mol. The van der Waals surface area contributed by atoms with E-state index in [1.54, 1.807) is 0 Å². The van der Waals surface area contributed by atoms with Crippen LogP contribution in [0.1, 0.15) is 47.6 Å². The molecule has 2 aliphatic heterocycles. The maximum atomic E-state index is 13.4. The van der Waals surface area contributed by atoms with E-state index in [-0.39, 0.29) is 18.9 Å². The SMILES string of the molecule is COC12CCC(N(C)C(=O)C(=O)N(C)C)(CC1)c1nc(C(=O)NCc3ccc(F)cc3)c(O)c(=O)n1C2. The summed E-state index contributed by atoms with van der Waals surface area (Å²) in [5, 5.41) is 13.3. The van der Waals surface area contributed by atoms with Crippen LogP contribution in [-0.2, 0) is 33.0 Å². The Morgan fingerprint density at radius 1 is 1.11 bits per heavy atom. The number of nitrogens with zero attached hydrogens (tertiary/aromatic N) is 4. The summed E-state index contributed by atoms with van der Waals surface area (Å²) < 4.78 is 20.2. The van der Waals surface area contributed by atoms with Gasteiger partial charge in [0.25, 0.3) is 11.5 Å². The molecule has 37 heavy (non-hydrogen) atoms. The lowest BCUT2D eigenvalue weighted by atomic mass is 9.74. The minimum atomic E-state index is -1.18. The van der Waals surface area contributed by atoms with E-state index in [0.29, 0.717) is 31.2 Å². The van der Waals surface area contributed by atoms with Gasteiger partial charge in [0.15, 0.2) is 5.69 Å². The Morgan fingerprint density at radius 3 is 2.30 bits per heavy atom. The number of methoxy groups -OCH3 is 1. The number of likely N-dealkylation sites (N-methyl/N-ethyl adjacent to an activating group) is 2. The van der Waals surface area contributed by atoms with E-state index in [1.165, 1.54) is 66.9 Å². The molecule has 1 aromatic heterocycles. The van der Waals surface area contributed by atoms with Gasteiger partial charge in [0, 0.05) is 34.8 Å². The van der Waals surface area contributed by atoms with Crippen molar-refractivity contribution in [2.45, 2.75) is 49.9 Å². The zero-order chi connectivity index (χ0) is 27.1. The highest BCUT2D eigenvalue weighted by Gasteiger charge is 2.54. The summed E-state index contributed by atoms with van der Waals surface area (Å²) >= 11 is 0. The smallest absolute Gasteiger partial charge is 0.312 e. The number of benzene rings is 1. The highest BCUT2D eigenvalue weighted by atomic mass is 19.1. The fraction of sp³-hybridized carbons (Fsp3) is 0.480. The van der Waals surface area contributed by atoms with Crippen LogP contribution < -0.4 is 10.9 Å².